The molecule has 0 aliphatic carbocycles. The molecular weight excluding hydrogens is 314 g/mol. The minimum Gasteiger partial charge on any atom is -0.324 e. The Balaban J connectivity index is 2.82. The summed E-state index contributed by atoms with van der Waals surface area (Å²) in [5, 5.41) is 0.519. The number of rotatable bonds is 6. The minimum atomic E-state index is -4.32. The topological polar surface area (TPSA) is 115 Å². The van der Waals surface area contributed by atoms with Crippen LogP contribution in [0.25, 0.3) is 0 Å². The Bertz CT molecular complexity index is 481. The van der Waals surface area contributed by atoms with Crippen molar-refractivity contribution in [3.63, 3.8) is 0 Å². The Kier molecular flexibility index (Phi) is 5.78. The highest BCUT2D eigenvalue weighted by atomic mass is 35.5. The fourth-order valence-electron chi connectivity index (χ4n) is 1.81. The molecule has 108 valence electrons. The molecule has 6 nitrogen and oxygen atoms in total. The number of halogens is 1. The van der Waals surface area contributed by atoms with Crippen molar-refractivity contribution in [2.75, 3.05) is 12.3 Å². The van der Waals surface area contributed by atoms with E-state index < -0.39 is 33.4 Å². The maximum Gasteiger partial charge on any atom is 0.325 e. The summed E-state index contributed by atoms with van der Waals surface area (Å²) in [6.07, 6.45) is -0.936. The van der Waals surface area contributed by atoms with Gasteiger partial charge in [0.15, 0.2) is 0 Å². The zero-order valence-electron chi connectivity index (χ0n) is 9.89. The van der Waals surface area contributed by atoms with E-state index in [4.69, 9.17) is 31.2 Å². The Morgan fingerprint density at radius 2 is 1.37 bits per heavy atom. The second kappa shape index (κ2) is 6.51. The highest BCUT2D eigenvalue weighted by molar-refractivity contribution is 7.52. The van der Waals surface area contributed by atoms with E-state index in [1.165, 1.54) is 0 Å². The van der Waals surface area contributed by atoms with Gasteiger partial charge in [-0.2, -0.15) is 0 Å². The lowest BCUT2D eigenvalue weighted by Crippen LogP contribution is -2.15. The molecule has 0 aliphatic heterocycles. The molecule has 0 spiro atoms. The van der Waals surface area contributed by atoms with Crippen LogP contribution < -0.4 is 0 Å². The molecule has 1 aromatic carbocycles. The Morgan fingerprint density at radius 1 is 0.947 bits per heavy atom. The summed E-state index contributed by atoms with van der Waals surface area (Å²) >= 11 is 5.71. The van der Waals surface area contributed by atoms with Gasteiger partial charge in [0.25, 0.3) is 0 Å². The second-order valence-electron chi connectivity index (χ2n) is 4.39. The normalized spacial score (nSPS) is 12.9. The molecular formula is C10H15ClO6P2. The van der Waals surface area contributed by atoms with Crippen molar-refractivity contribution in [2.24, 2.45) is 5.92 Å². The molecule has 0 saturated carbocycles. The zero-order valence-corrected chi connectivity index (χ0v) is 12.4. The van der Waals surface area contributed by atoms with Crippen molar-refractivity contribution in [1.29, 1.82) is 0 Å². The fourth-order valence-corrected chi connectivity index (χ4v) is 4.00. The molecule has 0 fully saturated rings. The summed E-state index contributed by atoms with van der Waals surface area (Å²) < 4.78 is 22.0. The SMILES string of the molecule is O=P(O)(O)CC(Cc1ccc(Cl)cc1)CP(=O)(O)O. The van der Waals surface area contributed by atoms with Crippen molar-refractivity contribution < 1.29 is 28.7 Å². The van der Waals surface area contributed by atoms with E-state index in [-0.39, 0.29) is 6.42 Å². The summed E-state index contributed by atoms with van der Waals surface area (Å²) in [7, 11) is -8.65. The lowest BCUT2D eigenvalue weighted by molar-refractivity contribution is 0.351. The van der Waals surface area contributed by atoms with Gasteiger partial charge in [0.1, 0.15) is 0 Å². The lowest BCUT2D eigenvalue weighted by atomic mass is 10.0. The molecule has 0 amide bonds. The third-order valence-corrected chi connectivity index (χ3v) is 4.67. The van der Waals surface area contributed by atoms with Crippen LogP contribution in [0.15, 0.2) is 24.3 Å². The first-order valence-electron chi connectivity index (χ1n) is 5.39. The van der Waals surface area contributed by atoms with Gasteiger partial charge < -0.3 is 19.6 Å². The maximum atomic E-state index is 11.0. The summed E-state index contributed by atoms with van der Waals surface area (Å²) in [5.74, 6) is -0.789. The molecule has 0 saturated heterocycles. The zero-order chi connectivity index (χ0) is 14.7. The standard InChI is InChI=1S/C10H15ClO6P2/c11-10-3-1-8(2-4-10)5-9(6-18(12,13)14)7-19(15,16)17/h1-4,9H,5-7H2,(H2,12,13,14)(H2,15,16,17). The van der Waals surface area contributed by atoms with Crippen molar-refractivity contribution in [3.05, 3.63) is 34.9 Å². The van der Waals surface area contributed by atoms with Gasteiger partial charge in [-0.05, 0) is 30.0 Å². The molecule has 4 N–H and O–H groups in total. The van der Waals surface area contributed by atoms with Gasteiger partial charge >= 0.3 is 15.2 Å². The monoisotopic (exact) mass is 328 g/mol. The van der Waals surface area contributed by atoms with Crippen molar-refractivity contribution in [2.45, 2.75) is 6.42 Å². The van der Waals surface area contributed by atoms with Gasteiger partial charge in [-0.25, -0.2) is 0 Å². The largest absolute Gasteiger partial charge is 0.325 e. The molecule has 0 unspecified atom stereocenters. The van der Waals surface area contributed by atoms with E-state index in [0.717, 1.165) is 5.56 Å². The van der Waals surface area contributed by atoms with Gasteiger partial charge in [-0.15, -0.1) is 0 Å². The van der Waals surface area contributed by atoms with Crippen LogP contribution in [0.1, 0.15) is 5.56 Å². The van der Waals surface area contributed by atoms with Gasteiger partial charge in [0.2, 0.25) is 0 Å². The van der Waals surface area contributed by atoms with Crippen LogP contribution in [0, 0.1) is 5.92 Å². The molecule has 0 aliphatic rings. The lowest BCUT2D eigenvalue weighted by Gasteiger charge is -2.18. The van der Waals surface area contributed by atoms with Gasteiger partial charge in [0.05, 0.1) is 12.3 Å². The summed E-state index contributed by atoms with van der Waals surface area (Å²) in [6.45, 7) is 0. The van der Waals surface area contributed by atoms with Crippen LogP contribution >= 0.6 is 26.8 Å². The fraction of sp³-hybridized carbons (Fsp3) is 0.400. The third kappa shape index (κ3) is 7.85. The summed E-state index contributed by atoms with van der Waals surface area (Å²) in [6, 6.07) is 6.55. The molecule has 0 aromatic heterocycles. The third-order valence-electron chi connectivity index (χ3n) is 2.43. The molecule has 9 heteroatoms. The number of benzene rings is 1. The highest BCUT2D eigenvalue weighted by Crippen LogP contribution is 2.44. The van der Waals surface area contributed by atoms with E-state index in [1.807, 2.05) is 0 Å². The first kappa shape index (κ1) is 16.9. The van der Waals surface area contributed by atoms with E-state index in [9.17, 15) is 9.13 Å². The van der Waals surface area contributed by atoms with E-state index >= 15 is 0 Å². The van der Waals surface area contributed by atoms with Gasteiger partial charge in [0, 0.05) is 5.02 Å². The predicted molar refractivity (Wildman–Crippen MR) is 72.5 cm³/mol. The summed E-state index contributed by atoms with van der Waals surface area (Å²) in [5.41, 5.74) is 0.719. The Morgan fingerprint density at radius 3 is 1.74 bits per heavy atom. The highest BCUT2D eigenvalue weighted by Gasteiger charge is 2.28. The molecule has 1 aromatic rings. The molecule has 0 bridgehead atoms. The van der Waals surface area contributed by atoms with Crippen molar-refractivity contribution >= 4 is 26.8 Å². The van der Waals surface area contributed by atoms with Crippen LogP contribution in [0.2, 0.25) is 5.02 Å². The molecule has 19 heavy (non-hydrogen) atoms. The van der Waals surface area contributed by atoms with Gasteiger partial charge in [-0.1, -0.05) is 23.7 Å². The van der Waals surface area contributed by atoms with Crippen LogP contribution in [0.3, 0.4) is 0 Å². The number of hydrogen-bond donors (Lipinski definition) is 4. The van der Waals surface area contributed by atoms with Crippen LogP contribution in [-0.4, -0.2) is 31.9 Å². The quantitative estimate of drug-likeness (QED) is 0.592. The average molecular weight is 329 g/mol. The van der Waals surface area contributed by atoms with Crippen molar-refractivity contribution in [3.8, 4) is 0 Å². The second-order valence-corrected chi connectivity index (χ2v) is 8.22. The molecule has 0 atom stereocenters. The molecule has 1 rings (SSSR count). The van der Waals surface area contributed by atoms with E-state index in [1.54, 1.807) is 24.3 Å². The average Bonchev–Trinajstić information content (AvgIpc) is 2.16. The first-order valence-corrected chi connectivity index (χ1v) is 9.36. The van der Waals surface area contributed by atoms with Crippen molar-refractivity contribution in [1.82, 2.24) is 0 Å². The first-order chi connectivity index (χ1) is 8.55. The van der Waals surface area contributed by atoms with E-state index in [0.29, 0.717) is 5.02 Å². The predicted octanol–water partition coefficient (Wildman–Crippen LogP) is 1.85. The Hall–Kier alpha value is -0.190. The van der Waals surface area contributed by atoms with E-state index in [2.05, 4.69) is 0 Å². The molecule has 0 radical (unpaired) electrons. The van der Waals surface area contributed by atoms with Crippen LogP contribution in [0.4, 0.5) is 0 Å². The summed E-state index contributed by atoms with van der Waals surface area (Å²) in [4.78, 5) is 35.8. The smallest absolute Gasteiger partial charge is 0.324 e. The number of hydrogen-bond acceptors (Lipinski definition) is 2. The van der Waals surface area contributed by atoms with Crippen LogP contribution in [0.5, 0.6) is 0 Å². The maximum absolute atomic E-state index is 11.0. The molecule has 0 heterocycles. The van der Waals surface area contributed by atoms with Crippen LogP contribution in [-0.2, 0) is 15.6 Å². The Labute approximate surface area is 115 Å². The van der Waals surface area contributed by atoms with Gasteiger partial charge in [-0.3, -0.25) is 9.13 Å². The minimum absolute atomic E-state index is 0.174.